The third kappa shape index (κ3) is 3.44. The fourth-order valence-corrected chi connectivity index (χ4v) is 2.98. The SMILES string of the molecule is Cc1ccc(-c2noc(C3CCCN3C(=O)CC(C)C)n2)cc1. The Balaban J connectivity index is 1.79. The van der Waals surface area contributed by atoms with Crippen LogP contribution in [0.3, 0.4) is 0 Å². The number of hydrogen-bond acceptors (Lipinski definition) is 4. The van der Waals surface area contributed by atoms with Gasteiger partial charge in [-0.3, -0.25) is 4.79 Å². The average molecular weight is 313 g/mol. The quantitative estimate of drug-likeness (QED) is 0.862. The molecule has 0 bridgehead atoms. The minimum atomic E-state index is -0.0760. The molecule has 1 aromatic heterocycles. The summed E-state index contributed by atoms with van der Waals surface area (Å²) in [4.78, 5) is 18.8. The van der Waals surface area contributed by atoms with Crippen molar-refractivity contribution in [1.29, 1.82) is 0 Å². The molecule has 3 rings (SSSR count). The first-order chi connectivity index (χ1) is 11.0. The molecule has 2 heterocycles. The molecule has 0 spiro atoms. The second kappa shape index (κ2) is 6.52. The van der Waals surface area contributed by atoms with Crippen molar-refractivity contribution in [1.82, 2.24) is 15.0 Å². The van der Waals surface area contributed by atoms with E-state index in [1.807, 2.05) is 36.1 Å². The summed E-state index contributed by atoms with van der Waals surface area (Å²) in [5.74, 6) is 1.67. The molecule has 0 saturated carbocycles. The number of aromatic nitrogens is 2. The van der Waals surface area contributed by atoms with Gasteiger partial charge in [-0.1, -0.05) is 48.8 Å². The van der Waals surface area contributed by atoms with Crippen LogP contribution in [0.1, 0.15) is 50.6 Å². The molecule has 1 unspecified atom stereocenters. The van der Waals surface area contributed by atoms with Crippen LogP contribution in [0.2, 0.25) is 0 Å². The van der Waals surface area contributed by atoms with E-state index < -0.39 is 0 Å². The lowest BCUT2D eigenvalue weighted by Crippen LogP contribution is -2.31. The Bertz CT molecular complexity index is 676. The van der Waals surface area contributed by atoms with E-state index >= 15 is 0 Å². The van der Waals surface area contributed by atoms with E-state index in [2.05, 4.69) is 24.0 Å². The summed E-state index contributed by atoms with van der Waals surface area (Å²) >= 11 is 0. The van der Waals surface area contributed by atoms with Crippen LogP contribution in [0.5, 0.6) is 0 Å². The fraction of sp³-hybridized carbons (Fsp3) is 0.500. The van der Waals surface area contributed by atoms with Crippen LogP contribution in [0, 0.1) is 12.8 Å². The second-order valence-electron chi connectivity index (χ2n) is 6.67. The van der Waals surface area contributed by atoms with E-state index in [-0.39, 0.29) is 11.9 Å². The molecule has 1 aromatic carbocycles. The van der Waals surface area contributed by atoms with Crippen LogP contribution in [0.4, 0.5) is 0 Å². The predicted octanol–water partition coefficient (Wildman–Crippen LogP) is 3.75. The monoisotopic (exact) mass is 313 g/mol. The standard InChI is InChI=1S/C18H23N3O2/c1-12(2)11-16(22)21-10-4-5-15(21)18-19-17(20-23-18)14-8-6-13(3)7-9-14/h6-9,12,15H,4-5,10-11H2,1-3H3. The molecule has 5 heteroatoms. The Hall–Kier alpha value is -2.17. The zero-order valence-corrected chi connectivity index (χ0v) is 14.0. The highest BCUT2D eigenvalue weighted by atomic mass is 16.5. The van der Waals surface area contributed by atoms with Crippen LogP contribution < -0.4 is 0 Å². The molecular formula is C18H23N3O2. The number of carbonyl (C=O) groups is 1. The molecule has 5 nitrogen and oxygen atoms in total. The van der Waals surface area contributed by atoms with Gasteiger partial charge >= 0.3 is 0 Å². The summed E-state index contributed by atoms with van der Waals surface area (Å²) in [6.45, 7) is 6.94. The van der Waals surface area contributed by atoms with Gasteiger partial charge in [0.2, 0.25) is 17.6 Å². The largest absolute Gasteiger partial charge is 0.337 e. The van der Waals surface area contributed by atoms with Crippen LogP contribution in [-0.4, -0.2) is 27.5 Å². The smallest absolute Gasteiger partial charge is 0.249 e. The number of rotatable bonds is 4. The zero-order valence-electron chi connectivity index (χ0n) is 14.0. The van der Waals surface area contributed by atoms with Crippen LogP contribution in [0.25, 0.3) is 11.4 Å². The van der Waals surface area contributed by atoms with Gasteiger partial charge in [0, 0.05) is 18.5 Å². The topological polar surface area (TPSA) is 59.2 Å². The predicted molar refractivity (Wildman–Crippen MR) is 87.6 cm³/mol. The maximum Gasteiger partial charge on any atom is 0.249 e. The molecule has 0 radical (unpaired) electrons. The molecular weight excluding hydrogens is 290 g/mol. The second-order valence-corrected chi connectivity index (χ2v) is 6.67. The number of amides is 1. The first kappa shape index (κ1) is 15.7. The van der Waals surface area contributed by atoms with E-state index in [0.29, 0.717) is 24.1 Å². The average Bonchev–Trinajstić information content (AvgIpc) is 3.16. The molecule has 2 aromatic rings. The first-order valence-corrected chi connectivity index (χ1v) is 8.24. The van der Waals surface area contributed by atoms with Gasteiger partial charge in [0.25, 0.3) is 0 Å². The molecule has 1 amide bonds. The lowest BCUT2D eigenvalue weighted by Gasteiger charge is -2.22. The van der Waals surface area contributed by atoms with Gasteiger partial charge < -0.3 is 9.42 Å². The van der Waals surface area contributed by atoms with Crippen molar-refractivity contribution >= 4 is 5.91 Å². The van der Waals surface area contributed by atoms with Crippen molar-refractivity contribution in [2.75, 3.05) is 6.54 Å². The third-order valence-corrected chi connectivity index (χ3v) is 4.19. The summed E-state index contributed by atoms with van der Waals surface area (Å²) in [7, 11) is 0. The highest BCUT2D eigenvalue weighted by molar-refractivity contribution is 5.77. The lowest BCUT2D eigenvalue weighted by molar-refractivity contribution is -0.133. The van der Waals surface area contributed by atoms with E-state index in [1.165, 1.54) is 5.56 Å². The summed E-state index contributed by atoms with van der Waals surface area (Å²) in [5.41, 5.74) is 2.13. The van der Waals surface area contributed by atoms with Crippen molar-refractivity contribution in [2.45, 2.75) is 46.1 Å². The molecule has 23 heavy (non-hydrogen) atoms. The summed E-state index contributed by atoms with van der Waals surface area (Å²) < 4.78 is 5.46. The number of nitrogens with zero attached hydrogens (tertiary/aromatic N) is 3. The molecule has 1 saturated heterocycles. The molecule has 1 atom stereocenters. The Morgan fingerprint density at radius 2 is 2.09 bits per heavy atom. The number of aryl methyl sites for hydroxylation is 1. The van der Waals surface area contributed by atoms with E-state index in [4.69, 9.17) is 4.52 Å². The molecule has 1 aliphatic heterocycles. The van der Waals surface area contributed by atoms with Gasteiger partial charge in [-0.25, -0.2) is 0 Å². The van der Waals surface area contributed by atoms with Gasteiger partial charge in [-0.05, 0) is 25.7 Å². The van der Waals surface area contributed by atoms with Crippen molar-refractivity contribution < 1.29 is 9.32 Å². The summed E-state index contributed by atoms with van der Waals surface area (Å²) in [5, 5.41) is 4.09. The molecule has 122 valence electrons. The van der Waals surface area contributed by atoms with Crippen molar-refractivity contribution in [3.8, 4) is 11.4 Å². The number of likely N-dealkylation sites (tertiary alicyclic amines) is 1. The van der Waals surface area contributed by atoms with E-state index in [0.717, 1.165) is 24.9 Å². The zero-order chi connectivity index (χ0) is 16.4. The van der Waals surface area contributed by atoms with Crippen molar-refractivity contribution in [3.63, 3.8) is 0 Å². The highest BCUT2D eigenvalue weighted by Gasteiger charge is 2.34. The number of hydrogen-bond donors (Lipinski definition) is 0. The Morgan fingerprint density at radius 1 is 1.35 bits per heavy atom. The fourth-order valence-electron chi connectivity index (χ4n) is 2.98. The van der Waals surface area contributed by atoms with E-state index in [9.17, 15) is 4.79 Å². The number of carbonyl (C=O) groups excluding carboxylic acids is 1. The van der Waals surface area contributed by atoms with Gasteiger partial charge in [-0.2, -0.15) is 4.98 Å². The van der Waals surface area contributed by atoms with Gasteiger partial charge in [0.15, 0.2) is 0 Å². The highest BCUT2D eigenvalue weighted by Crippen LogP contribution is 2.32. The molecule has 1 aliphatic rings. The first-order valence-electron chi connectivity index (χ1n) is 8.24. The third-order valence-electron chi connectivity index (χ3n) is 4.19. The van der Waals surface area contributed by atoms with Gasteiger partial charge in [0.05, 0.1) is 0 Å². The number of benzene rings is 1. The molecule has 0 N–H and O–H groups in total. The maximum absolute atomic E-state index is 12.4. The minimum absolute atomic E-state index is 0.0760. The lowest BCUT2D eigenvalue weighted by atomic mass is 10.1. The molecule has 0 aliphatic carbocycles. The van der Waals surface area contributed by atoms with Gasteiger partial charge in [0.1, 0.15) is 6.04 Å². The van der Waals surface area contributed by atoms with Crippen LogP contribution in [0.15, 0.2) is 28.8 Å². The van der Waals surface area contributed by atoms with Crippen molar-refractivity contribution in [2.24, 2.45) is 5.92 Å². The normalized spacial score (nSPS) is 17.9. The van der Waals surface area contributed by atoms with E-state index in [1.54, 1.807) is 0 Å². The van der Waals surface area contributed by atoms with Crippen LogP contribution >= 0.6 is 0 Å². The van der Waals surface area contributed by atoms with Crippen molar-refractivity contribution in [3.05, 3.63) is 35.7 Å². The Labute approximate surface area is 136 Å². The van der Waals surface area contributed by atoms with Crippen LogP contribution in [-0.2, 0) is 4.79 Å². The summed E-state index contributed by atoms with van der Waals surface area (Å²) in [6, 6.07) is 7.95. The summed E-state index contributed by atoms with van der Waals surface area (Å²) in [6.07, 6.45) is 2.44. The van der Waals surface area contributed by atoms with Gasteiger partial charge in [-0.15, -0.1) is 0 Å². The Morgan fingerprint density at radius 3 is 2.78 bits per heavy atom. The maximum atomic E-state index is 12.4. The Kier molecular flexibility index (Phi) is 4.46. The minimum Gasteiger partial charge on any atom is -0.337 e. The molecule has 1 fully saturated rings.